The molecule has 21 heavy (non-hydrogen) atoms. The number of ether oxygens (including phenoxy) is 1. The highest BCUT2D eigenvalue weighted by Gasteiger charge is 2.10. The van der Waals surface area contributed by atoms with Gasteiger partial charge in [0, 0.05) is 4.90 Å². The molecule has 0 unspecified atom stereocenters. The molecule has 0 fully saturated rings. The SMILES string of the molecule is COc1ccc(SCC(=O)Nc2cccc(Cl)c2F)cc1. The average molecular weight is 326 g/mol. The molecule has 2 aromatic carbocycles. The minimum absolute atomic E-state index is 0.0180. The molecular formula is C15H13ClFNO2S. The topological polar surface area (TPSA) is 38.3 Å². The lowest BCUT2D eigenvalue weighted by molar-refractivity contribution is -0.113. The highest BCUT2D eigenvalue weighted by Crippen LogP contribution is 2.24. The number of benzene rings is 2. The van der Waals surface area contributed by atoms with Crippen LogP contribution in [-0.2, 0) is 4.79 Å². The third-order valence-electron chi connectivity index (χ3n) is 2.66. The van der Waals surface area contributed by atoms with Crippen LogP contribution >= 0.6 is 23.4 Å². The van der Waals surface area contributed by atoms with Crippen LogP contribution in [0.25, 0.3) is 0 Å². The molecule has 6 heteroatoms. The number of rotatable bonds is 5. The Balaban J connectivity index is 1.91. The summed E-state index contributed by atoms with van der Waals surface area (Å²) >= 11 is 7.01. The Morgan fingerprint density at radius 2 is 2.00 bits per heavy atom. The van der Waals surface area contributed by atoms with Crippen LogP contribution < -0.4 is 10.1 Å². The molecule has 0 spiro atoms. The lowest BCUT2D eigenvalue weighted by Gasteiger charge is -2.07. The molecule has 0 bridgehead atoms. The zero-order chi connectivity index (χ0) is 15.2. The van der Waals surface area contributed by atoms with Gasteiger partial charge < -0.3 is 10.1 Å². The summed E-state index contributed by atoms with van der Waals surface area (Å²) in [6.07, 6.45) is 0. The minimum atomic E-state index is -0.623. The number of nitrogens with one attached hydrogen (secondary N) is 1. The molecule has 2 rings (SSSR count). The highest BCUT2D eigenvalue weighted by molar-refractivity contribution is 8.00. The van der Waals surface area contributed by atoms with Crippen molar-refractivity contribution in [1.29, 1.82) is 0 Å². The molecule has 0 radical (unpaired) electrons. The molecule has 1 N–H and O–H groups in total. The lowest BCUT2D eigenvalue weighted by atomic mass is 10.3. The van der Waals surface area contributed by atoms with Crippen molar-refractivity contribution in [3.8, 4) is 5.75 Å². The second-order valence-corrected chi connectivity index (χ2v) is 5.57. The summed E-state index contributed by atoms with van der Waals surface area (Å²) in [7, 11) is 1.59. The van der Waals surface area contributed by atoms with E-state index < -0.39 is 5.82 Å². The van der Waals surface area contributed by atoms with E-state index in [1.165, 1.54) is 23.9 Å². The molecule has 0 aromatic heterocycles. The zero-order valence-corrected chi connectivity index (χ0v) is 12.8. The van der Waals surface area contributed by atoms with E-state index in [0.29, 0.717) is 0 Å². The standard InChI is InChI=1S/C15H13ClFNO2S/c1-20-10-5-7-11(8-6-10)21-9-14(19)18-13-4-2-3-12(16)15(13)17/h2-8H,9H2,1H3,(H,18,19). The van der Waals surface area contributed by atoms with Gasteiger partial charge in [0.1, 0.15) is 5.75 Å². The summed E-state index contributed by atoms with van der Waals surface area (Å²) in [6.45, 7) is 0. The number of halogens is 2. The van der Waals surface area contributed by atoms with E-state index in [1.54, 1.807) is 13.2 Å². The maximum Gasteiger partial charge on any atom is 0.234 e. The lowest BCUT2D eigenvalue weighted by Crippen LogP contribution is -2.15. The van der Waals surface area contributed by atoms with E-state index in [0.717, 1.165) is 10.6 Å². The first-order chi connectivity index (χ1) is 10.1. The second-order valence-electron chi connectivity index (χ2n) is 4.11. The smallest absolute Gasteiger partial charge is 0.234 e. The number of carbonyl (C=O) groups is 1. The summed E-state index contributed by atoms with van der Waals surface area (Å²) in [5.41, 5.74) is 0.0860. The summed E-state index contributed by atoms with van der Waals surface area (Å²) in [4.78, 5) is 12.7. The Labute approximate surface area is 131 Å². The molecule has 0 saturated heterocycles. The monoisotopic (exact) mass is 325 g/mol. The van der Waals surface area contributed by atoms with Gasteiger partial charge in [0.05, 0.1) is 23.6 Å². The van der Waals surface area contributed by atoms with Crippen molar-refractivity contribution in [3.63, 3.8) is 0 Å². The normalized spacial score (nSPS) is 10.2. The van der Waals surface area contributed by atoms with Crippen LogP contribution in [0.5, 0.6) is 5.75 Å². The van der Waals surface area contributed by atoms with Crippen LogP contribution in [0, 0.1) is 5.82 Å². The maximum absolute atomic E-state index is 13.6. The predicted molar refractivity (Wildman–Crippen MR) is 83.8 cm³/mol. The van der Waals surface area contributed by atoms with E-state index >= 15 is 0 Å². The minimum Gasteiger partial charge on any atom is -0.497 e. The first-order valence-electron chi connectivity index (χ1n) is 6.11. The van der Waals surface area contributed by atoms with Gasteiger partial charge in [-0.3, -0.25) is 4.79 Å². The van der Waals surface area contributed by atoms with Gasteiger partial charge in [-0.05, 0) is 36.4 Å². The number of hydrogen-bond donors (Lipinski definition) is 1. The van der Waals surface area contributed by atoms with Crippen molar-refractivity contribution >= 4 is 35.0 Å². The van der Waals surface area contributed by atoms with Gasteiger partial charge in [-0.25, -0.2) is 4.39 Å². The van der Waals surface area contributed by atoms with Gasteiger partial charge in [0.15, 0.2) is 5.82 Å². The van der Waals surface area contributed by atoms with Crippen LogP contribution in [0.1, 0.15) is 0 Å². The van der Waals surface area contributed by atoms with Crippen molar-refractivity contribution in [3.05, 3.63) is 53.3 Å². The summed E-state index contributed by atoms with van der Waals surface area (Å²) < 4.78 is 18.7. The Morgan fingerprint density at radius 1 is 1.29 bits per heavy atom. The number of methoxy groups -OCH3 is 1. The molecule has 3 nitrogen and oxygen atoms in total. The number of thioether (sulfide) groups is 1. The van der Waals surface area contributed by atoms with E-state index in [2.05, 4.69) is 5.32 Å². The van der Waals surface area contributed by atoms with E-state index in [-0.39, 0.29) is 22.4 Å². The second kappa shape index (κ2) is 7.33. The Kier molecular flexibility index (Phi) is 5.47. The number of hydrogen-bond acceptors (Lipinski definition) is 3. The first-order valence-corrected chi connectivity index (χ1v) is 7.47. The molecule has 0 atom stereocenters. The molecule has 0 heterocycles. The van der Waals surface area contributed by atoms with Crippen molar-refractivity contribution < 1.29 is 13.9 Å². The molecule has 0 aliphatic heterocycles. The maximum atomic E-state index is 13.6. The van der Waals surface area contributed by atoms with Crippen LogP contribution in [0.4, 0.5) is 10.1 Å². The molecule has 1 amide bonds. The molecule has 2 aromatic rings. The number of carbonyl (C=O) groups excluding carboxylic acids is 1. The Morgan fingerprint density at radius 3 is 2.67 bits per heavy atom. The van der Waals surface area contributed by atoms with Crippen molar-refractivity contribution in [2.45, 2.75) is 4.90 Å². The van der Waals surface area contributed by atoms with Gasteiger partial charge in [0.2, 0.25) is 5.91 Å². The third kappa shape index (κ3) is 4.37. The molecule has 0 aliphatic rings. The van der Waals surface area contributed by atoms with E-state index in [1.807, 2.05) is 24.3 Å². The van der Waals surface area contributed by atoms with Crippen LogP contribution in [-0.4, -0.2) is 18.8 Å². The van der Waals surface area contributed by atoms with E-state index in [4.69, 9.17) is 16.3 Å². The van der Waals surface area contributed by atoms with Crippen LogP contribution in [0.2, 0.25) is 5.02 Å². The molecular weight excluding hydrogens is 313 g/mol. The van der Waals surface area contributed by atoms with Gasteiger partial charge in [-0.2, -0.15) is 0 Å². The van der Waals surface area contributed by atoms with Crippen LogP contribution in [0.3, 0.4) is 0 Å². The van der Waals surface area contributed by atoms with Crippen molar-refractivity contribution in [1.82, 2.24) is 0 Å². The summed E-state index contributed by atoms with van der Waals surface area (Å²) in [6, 6.07) is 11.8. The molecule has 0 aliphatic carbocycles. The zero-order valence-electron chi connectivity index (χ0n) is 11.2. The van der Waals surface area contributed by atoms with Gasteiger partial charge in [-0.1, -0.05) is 17.7 Å². The average Bonchev–Trinajstić information content (AvgIpc) is 2.50. The van der Waals surface area contributed by atoms with Crippen molar-refractivity contribution in [2.24, 2.45) is 0 Å². The van der Waals surface area contributed by atoms with Gasteiger partial charge in [0.25, 0.3) is 0 Å². The summed E-state index contributed by atoms with van der Waals surface area (Å²) in [5, 5.41) is 2.48. The van der Waals surface area contributed by atoms with Gasteiger partial charge in [-0.15, -0.1) is 11.8 Å². The number of amides is 1. The van der Waals surface area contributed by atoms with Crippen LogP contribution in [0.15, 0.2) is 47.4 Å². The fraction of sp³-hybridized carbons (Fsp3) is 0.133. The molecule has 0 saturated carbocycles. The Hall–Kier alpha value is -1.72. The predicted octanol–water partition coefficient (Wildman–Crippen LogP) is 4.22. The fourth-order valence-corrected chi connectivity index (χ4v) is 2.48. The van der Waals surface area contributed by atoms with Gasteiger partial charge >= 0.3 is 0 Å². The quantitative estimate of drug-likeness (QED) is 0.836. The van der Waals surface area contributed by atoms with Crippen molar-refractivity contribution in [2.75, 3.05) is 18.2 Å². The van der Waals surface area contributed by atoms with E-state index in [9.17, 15) is 9.18 Å². The Bertz CT molecular complexity index is 634. The first kappa shape index (κ1) is 15.7. The third-order valence-corrected chi connectivity index (χ3v) is 3.96. The summed E-state index contributed by atoms with van der Waals surface area (Å²) in [5.74, 6) is 0.0157. The fourth-order valence-electron chi connectivity index (χ4n) is 1.61. The number of anilines is 1. The largest absolute Gasteiger partial charge is 0.497 e. The molecule has 110 valence electrons. The highest BCUT2D eigenvalue weighted by atomic mass is 35.5.